The first-order chi connectivity index (χ1) is 12.0. The van der Waals surface area contributed by atoms with Gasteiger partial charge in [0, 0.05) is 26.1 Å². The zero-order chi connectivity index (χ0) is 19.5. The summed E-state index contributed by atoms with van der Waals surface area (Å²) in [5, 5.41) is 0. The minimum Gasteiger partial charge on any atom is -0.372 e. The molecule has 1 aliphatic heterocycles. The van der Waals surface area contributed by atoms with E-state index < -0.39 is 10.0 Å². The molecule has 1 aliphatic rings. The molecule has 0 radical (unpaired) electrons. The van der Waals surface area contributed by atoms with Gasteiger partial charge in [-0.2, -0.15) is 0 Å². The van der Waals surface area contributed by atoms with E-state index in [1.807, 2.05) is 26.0 Å². The van der Waals surface area contributed by atoms with E-state index in [-0.39, 0.29) is 41.4 Å². The van der Waals surface area contributed by atoms with Crippen molar-refractivity contribution in [1.29, 1.82) is 0 Å². The Bertz CT molecular complexity index is 713. The van der Waals surface area contributed by atoms with Crippen LogP contribution in [0, 0.1) is 0 Å². The van der Waals surface area contributed by atoms with Crippen molar-refractivity contribution < 1.29 is 17.9 Å². The Balaban J connectivity index is 1.91. The number of ether oxygens (including phenoxy) is 1. The molecule has 2 rings (SSSR count). The molecule has 2 unspecified atom stereocenters. The fraction of sp³-hybridized carbons (Fsp3) is 0.632. The number of amides is 1. The van der Waals surface area contributed by atoms with Crippen molar-refractivity contribution in [2.24, 2.45) is 0 Å². The van der Waals surface area contributed by atoms with Crippen molar-refractivity contribution in [2.45, 2.75) is 63.6 Å². The third-order valence-electron chi connectivity index (χ3n) is 4.43. The van der Waals surface area contributed by atoms with E-state index in [1.54, 1.807) is 17.0 Å². The summed E-state index contributed by atoms with van der Waals surface area (Å²) in [6.45, 7) is 11.3. The lowest BCUT2D eigenvalue weighted by Gasteiger charge is -2.35. The average molecular weight is 383 g/mol. The maximum atomic E-state index is 12.4. The highest BCUT2D eigenvalue weighted by molar-refractivity contribution is 7.89. The number of rotatable bonds is 5. The molecule has 1 heterocycles. The van der Waals surface area contributed by atoms with Crippen molar-refractivity contribution in [3.05, 3.63) is 29.8 Å². The number of carbonyl (C=O) groups excluding carboxylic acids is 1. The molecule has 26 heavy (non-hydrogen) atoms. The molecule has 7 heteroatoms. The van der Waals surface area contributed by atoms with Crippen molar-refractivity contribution in [2.75, 3.05) is 19.6 Å². The van der Waals surface area contributed by atoms with Crippen molar-refractivity contribution in [1.82, 2.24) is 9.62 Å². The summed E-state index contributed by atoms with van der Waals surface area (Å²) in [4.78, 5) is 14.3. The molecule has 0 saturated carbocycles. The highest BCUT2D eigenvalue weighted by Crippen LogP contribution is 2.23. The van der Waals surface area contributed by atoms with Gasteiger partial charge in [-0.05, 0) is 37.0 Å². The molecule has 146 valence electrons. The number of benzene rings is 1. The van der Waals surface area contributed by atoms with E-state index in [4.69, 9.17) is 4.74 Å². The van der Waals surface area contributed by atoms with Gasteiger partial charge in [0.1, 0.15) is 0 Å². The van der Waals surface area contributed by atoms with E-state index in [9.17, 15) is 13.2 Å². The van der Waals surface area contributed by atoms with Crippen LogP contribution in [0.1, 0.15) is 46.6 Å². The van der Waals surface area contributed by atoms with Gasteiger partial charge >= 0.3 is 0 Å². The van der Waals surface area contributed by atoms with Crippen molar-refractivity contribution >= 4 is 15.9 Å². The van der Waals surface area contributed by atoms with Gasteiger partial charge < -0.3 is 9.64 Å². The van der Waals surface area contributed by atoms with E-state index >= 15 is 0 Å². The van der Waals surface area contributed by atoms with E-state index in [0.29, 0.717) is 13.1 Å². The first-order valence-electron chi connectivity index (χ1n) is 9.02. The number of nitrogens with one attached hydrogen (secondary N) is 1. The molecule has 1 aromatic carbocycles. The van der Waals surface area contributed by atoms with Crippen LogP contribution >= 0.6 is 0 Å². The molecule has 0 aliphatic carbocycles. The fourth-order valence-corrected chi connectivity index (χ4v) is 4.08. The molecular formula is C19H30N2O4S. The number of morpholine rings is 1. The molecule has 1 aromatic rings. The minimum atomic E-state index is -3.62. The largest absolute Gasteiger partial charge is 0.372 e. The number of hydrogen-bond acceptors (Lipinski definition) is 4. The van der Waals surface area contributed by atoms with Gasteiger partial charge in [0.15, 0.2) is 0 Å². The summed E-state index contributed by atoms with van der Waals surface area (Å²) in [6, 6.07) is 6.87. The second-order valence-electron chi connectivity index (χ2n) is 7.98. The lowest BCUT2D eigenvalue weighted by atomic mass is 9.87. The lowest BCUT2D eigenvalue weighted by molar-refractivity contribution is -0.143. The van der Waals surface area contributed by atoms with E-state index in [2.05, 4.69) is 25.5 Å². The van der Waals surface area contributed by atoms with Crippen LogP contribution in [0.2, 0.25) is 0 Å². The summed E-state index contributed by atoms with van der Waals surface area (Å²) in [6.07, 6.45) is 0.139. The van der Waals surface area contributed by atoms with Gasteiger partial charge in [0.2, 0.25) is 15.9 Å². The molecule has 1 N–H and O–H groups in total. The fourth-order valence-electron chi connectivity index (χ4n) is 3.05. The molecule has 0 spiro atoms. The summed E-state index contributed by atoms with van der Waals surface area (Å²) in [7, 11) is -3.62. The Morgan fingerprint density at radius 1 is 1.15 bits per heavy atom. The summed E-state index contributed by atoms with van der Waals surface area (Å²) in [5.74, 6) is -0.0576. The molecule has 6 nitrogen and oxygen atoms in total. The Kier molecular flexibility index (Phi) is 6.47. The van der Waals surface area contributed by atoms with Crippen LogP contribution in [-0.2, 0) is 25.0 Å². The van der Waals surface area contributed by atoms with E-state index in [1.165, 1.54) is 0 Å². The second kappa shape index (κ2) is 8.06. The smallest absolute Gasteiger partial charge is 0.240 e. The SMILES string of the molecule is CC1CN(C(=O)CCNS(=O)(=O)c2ccc(C(C)(C)C)cc2)CC(C)O1. The number of nitrogens with zero attached hydrogens (tertiary/aromatic N) is 1. The van der Waals surface area contributed by atoms with Crippen molar-refractivity contribution in [3.63, 3.8) is 0 Å². The molecule has 0 bridgehead atoms. The van der Waals surface area contributed by atoms with Gasteiger partial charge in [-0.3, -0.25) is 4.79 Å². The summed E-state index contributed by atoms with van der Waals surface area (Å²) >= 11 is 0. The Hall–Kier alpha value is -1.44. The van der Waals surface area contributed by atoms with E-state index in [0.717, 1.165) is 5.56 Å². The summed E-state index contributed by atoms with van der Waals surface area (Å²) in [5.41, 5.74) is 1.04. The number of hydrogen-bond donors (Lipinski definition) is 1. The number of carbonyl (C=O) groups is 1. The third kappa shape index (κ3) is 5.53. The maximum absolute atomic E-state index is 12.4. The molecule has 2 atom stereocenters. The highest BCUT2D eigenvalue weighted by Gasteiger charge is 2.26. The first-order valence-corrected chi connectivity index (χ1v) is 10.5. The quantitative estimate of drug-likeness (QED) is 0.848. The zero-order valence-corrected chi connectivity index (χ0v) is 17.1. The van der Waals surface area contributed by atoms with Crippen LogP contribution < -0.4 is 4.72 Å². The molecule has 1 saturated heterocycles. The van der Waals surface area contributed by atoms with Gasteiger partial charge in [0.05, 0.1) is 17.1 Å². The minimum absolute atomic E-state index is 0.000669. The normalized spacial score (nSPS) is 21.7. The van der Waals surface area contributed by atoms with Crippen LogP contribution in [0.3, 0.4) is 0 Å². The Labute approximate surface area is 157 Å². The van der Waals surface area contributed by atoms with Crippen molar-refractivity contribution in [3.8, 4) is 0 Å². The molecular weight excluding hydrogens is 352 g/mol. The molecule has 1 amide bonds. The average Bonchev–Trinajstić information content (AvgIpc) is 2.53. The van der Waals surface area contributed by atoms with Crippen LogP contribution in [-0.4, -0.2) is 51.1 Å². The predicted molar refractivity (Wildman–Crippen MR) is 102 cm³/mol. The molecule has 1 fully saturated rings. The lowest BCUT2D eigenvalue weighted by Crippen LogP contribution is -2.48. The van der Waals surface area contributed by atoms with Crippen LogP contribution in [0.15, 0.2) is 29.2 Å². The topological polar surface area (TPSA) is 75.7 Å². The van der Waals surface area contributed by atoms with Crippen LogP contribution in [0.5, 0.6) is 0 Å². The first kappa shape index (κ1) is 20.9. The zero-order valence-electron chi connectivity index (χ0n) is 16.3. The second-order valence-corrected chi connectivity index (χ2v) is 9.75. The predicted octanol–water partition coefficient (Wildman–Crippen LogP) is 2.29. The van der Waals surface area contributed by atoms with Gasteiger partial charge in [-0.15, -0.1) is 0 Å². The molecule has 0 aromatic heterocycles. The van der Waals surface area contributed by atoms with Crippen LogP contribution in [0.4, 0.5) is 0 Å². The highest BCUT2D eigenvalue weighted by atomic mass is 32.2. The summed E-state index contributed by atoms with van der Waals surface area (Å²) < 4.78 is 32.9. The maximum Gasteiger partial charge on any atom is 0.240 e. The monoisotopic (exact) mass is 382 g/mol. The van der Waals surface area contributed by atoms with Crippen LogP contribution in [0.25, 0.3) is 0 Å². The van der Waals surface area contributed by atoms with Gasteiger partial charge in [-0.1, -0.05) is 32.9 Å². The van der Waals surface area contributed by atoms with Gasteiger partial charge in [-0.25, -0.2) is 13.1 Å². The standard InChI is InChI=1S/C19H30N2O4S/c1-14-12-21(13-15(2)25-14)18(22)10-11-20-26(23,24)17-8-6-16(7-9-17)19(3,4)5/h6-9,14-15,20H,10-13H2,1-5H3. The van der Waals surface area contributed by atoms with Gasteiger partial charge in [0.25, 0.3) is 0 Å². The Morgan fingerprint density at radius 2 is 1.69 bits per heavy atom. The third-order valence-corrected chi connectivity index (χ3v) is 5.91. The number of sulfonamides is 1. The Morgan fingerprint density at radius 3 is 2.19 bits per heavy atom.